The van der Waals surface area contributed by atoms with Crippen LogP contribution in [0, 0.1) is 13.8 Å². The van der Waals surface area contributed by atoms with Gasteiger partial charge in [-0.2, -0.15) is 0 Å². The lowest BCUT2D eigenvalue weighted by atomic mass is 10.0. The summed E-state index contributed by atoms with van der Waals surface area (Å²) in [5, 5.41) is 10.8. The molecule has 0 radical (unpaired) electrons. The molecule has 0 unspecified atom stereocenters. The van der Waals surface area contributed by atoms with Gasteiger partial charge in [0, 0.05) is 17.2 Å². The third-order valence-corrected chi connectivity index (χ3v) is 5.79. The smallest absolute Gasteiger partial charge is 0.336 e. The fourth-order valence-corrected chi connectivity index (χ4v) is 4.03. The number of fused-ring (bicyclic) bond motifs is 1. The summed E-state index contributed by atoms with van der Waals surface area (Å²) in [6, 6.07) is 9.52. The number of hydrogen-bond donors (Lipinski definition) is 1. The average molecular weight is 369 g/mol. The number of hydrogen-bond acceptors (Lipinski definition) is 6. The van der Waals surface area contributed by atoms with Crippen LogP contribution in [0.5, 0.6) is 0 Å². The molecule has 4 rings (SSSR count). The van der Waals surface area contributed by atoms with Gasteiger partial charge in [0.05, 0.1) is 4.88 Å². The van der Waals surface area contributed by atoms with Gasteiger partial charge in [-0.1, -0.05) is 17.8 Å². The average Bonchev–Trinajstić information content (AvgIpc) is 3.25. The first-order valence-electron chi connectivity index (χ1n) is 7.73. The lowest BCUT2D eigenvalue weighted by Crippen LogP contribution is -2.00. The first-order chi connectivity index (χ1) is 12.1. The Labute approximate surface area is 152 Å². The lowest BCUT2D eigenvalue weighted by molar-refractivity contribution is 0.559. The van der Waals surface area contributed by atoms with E-state index in [1.165, 1.54) is 17.3 Å². The Balaban J connectivity index is 1.63. The third-order valence-electron chi connectivity index (χ3n) is 4.02. The van der Waals surface area contributed by atoms with Crippen LogP contribution in [0.1, 0.15) is 16.7 Å². The number of rotatable bonds is 4. The van der Waals surface area contributed by atoms with E-state index < -0.39 is 0 Å². The van der Waals surface area contributed by atoms with Crippen LogP contribution >= 0.6 is 23.1 Å². The summed E-state index contributed by atoms with van der Waals surface area (Å²) in [5.74, 6) is 1.37. The van der Waals surface area contributed by atoms with Crippen molar-refractivity contribution in [3.05, 3.63) is 62.8 Å². The Morgan fingerprint density at radius 3 is 2.88 bits per heavy atom. The molecule has 3 aromatic heterocycles. The molecule has 0 atom stereocenters. The summed E-state index contributed by atoms with van der Waals surface area (Å²) in [6.07, 6.45) is 0. The summed E-state index contributed by atoms with van der Waals surface area (Å²) in [6.45, 7) is 4.06. The monoisotopic (exact) mass is 369 g/mol. The molecule has 0 aliphatic heterocycles. The number of thioether (sulfide) groups is 1. The van der Waals surface area contributed by atoms with Crippen molar-refractivity contribution in [2.75, 3.05) is 0 Å². The summed E-state index contributed by atoms with van der Waals surface area (Å²) < 4.78 is 5.34. The predicted molar refractivity (Wildman–Crippen MR) is 101 cm³/mol. The van der Waals surface area contributed by atoms with E-state index in [4.69, 9.17) is 4.42 Å². The van der Waals surface area contributed by atoms with E-state index in [9.17, 15) is 4.79 Å². The quantitative estimate of drug-likeness (QED) is 0.422. The van der Waals surface area contributed by atoms with Crippen LogP contribution in [0.4, 0.5) is 0 Å². The van der Waals surface area contributed by atoms with E-state index in [1.807, 2.05) is 30.5 Å². The van der Waals surface area contributed by atoms with E-state index >= 15 is 0 Å². The van der Waals surface area contributed by atoms with Gasteiger partial charge in [0.1, 0.15) is 5.58 Å². The largest absolute Gasteiger partial charge is 0.423 e. The van der Waals surface area contributed by atoms with Crippen molar-refractivity contribution in [3.63, 3.8) is 0 Å². The van der Waals surface area contributed by atoms with Gasteiger partial charge >= 0.3 is 5.63 Å². The molecule has 0 saturated carbocycles. The van der Waals surface area contributed by atoms with Crippen LogP contribution in [-0.4, -0.2) is 15.2 Å². The second-order valence-electron chi connectivity index (χ2n) is 5.76. The zero-order chi connectivity index (χ0) is 17.4. The number of aromatic amines is 1. The number of benzene rings is 1. The summed E-state index contributed by atoms with van der Waals surface area (Å²) >= 11 is 3.11. The van der Waals surface area contributed by atoms with Gasteiger partial charge in [-0.3, -0.25) is 5.10 Å². The van der Waals surface area contributed by atoms with Gasteiger partial charge in [0.25, 0.3) is 0 Å². The highest BCUT2D eigenvalue weighted by Gasteiger charge is 2.11. The molecule has 25 heavy (non-hydrogen) atoms. The minimum Gasteiger partial charge on any atom is -0.423 e. The zero-order valence-corrected chi connectivity index (χ0v) is 15.3. The molecule has 1 aromatic carbocycles. The van der Waals surface area contributed by atoms with Crippen molar-refractivity contribution in [1.29, 1.82) is 0 Å². The molecule has 7 heteroatoms. The number of nitrogens with zero attached hydrogens (tertiary/aromatic N) is 2. The SMILES string of the molecule is Cc1cc2oc(=O)cc(CSc3n[nH]c(-c4cccs4)n3)c2cc1C. The Bertz CT molecular complexity index is 1100. The number of aryl methyl sites for hydroxylation is 2. The molecule has 4 aromatic rings. The third kappa shape index (κ3) is 3.25. The molecule has 0 fully saturated rings. The normalized spacial score (nSPS) is 11.3. The van der Waals surface area contributed by atoms with Crippen LogP contribution in [0.25, 0.3) is 21.7 Å². The van der Waals surface area contributed by atoms with E-state index in [-0.39, 0.29) is 5.63 Å². The van der Waals surface area contributed by atoms with Gasteiger partial charge in [-0.15, -0.1) is 16.4 Å². The fourth-order valence-electron chi connectivity index (χ4n) is 2.58. The molecule has 1 N–H and O–H groups in total. The van der Waals surface area contributed by atoms with Crippen molar-refractivity contribution in [2.45, 2.75) is 24.8 Å². The number of H-pyrrole nitrogens is 1. The predicted octanol–water partition coefficient (Wildman–Crippen LogP) is 4.55. The van der Waals surface area contributed by atoms with E-state index in [2.05, 4.69) is 28.2 Å². The van der Waals surface area contributed by atoms with Gasteiger partial charge in [-0.25, -0.2) is 9.78 Å². The Morgan fingerprint density at radius 1 is 1.24 bits per heavy atom. The Hall–Kier alpha value is -2.38. The van der Waals surface area contributed by atoms with Crippen molar-refractivity contribution in [3.8, 4) is 10.7 Å². The number of nitrogens with one attached hydrogen (secondary N) is 1. The molecular weight excluding hydrogens is 354 g/mol. The lowest BCUT2D eigenvalue weighted by Gasteiger charge is -2.07. The van der Waals surface area contributed by atoms with Crippen LogP contribution in [-0.2, 0) is 5.75 Å². The molecule has 0 aliphatic rings. The van der Waals surface area contributed by atoms with Gasteiger partial charge in [-0.05, 0) is 54.1 Å². The maximum Gasteiger partial charge on any atom is 0.336 e. The van der Waals surface area contributed by atoms with Gasteiger partial charge in [0.2, 0.25) is 5.16 Å². The van der Waals surface area contributed by atoms with E-state index in [0.29, 0.717) is 16.5 Å². The van der Waals surface area contributed by atoms with Gasteiger partial charge in [0.15, 0.2) is 5.82 Å². The van der Waals surface area contributed by atoms with Crippen molar-refractivity contribution < 1.29 is 4.42 Å². The fraction of sp³-hybridized carbons (Fsp3) is 0.167. The molecule has 3 heterocycles. The maximum atomic E-state index is 11.9. The van der Waals surface area contributed by atoms with Crippen LogP contribution in [0.2, 0.25) is 0 Å². The molecule has 0 aliphatic carbocycles. The summed E-state index contributed by atoms with van der Waals surface area (Å²) in [4.78, 5) is 17.4. The first-order valence-corrected chi connectivity index (χ1v) is 9.60. The zero-order valence-electron chi connectivity index (χ0n) is 13.7. The number of aromatic nitrogens is 3. The molecule has 0 amide bonds. The highest BCUT2D eigenvalue weighted by Crippen LogP contribution is 2.28. The summed E-state index contributed by atoms with van der Waals surface area (Å²) in [7, 11) is 0. The van der Waals surface area contributed by atoms with Crippen LogP contribution in [0.3, 0.4) is 0 Å². The topological polar surface area (TPSA) is 71.8 Å². The van der Waals surface area contributed by atoms with Crippen LogP contribution in [0.15, 0.2) is 50.1 Å². The second kappa shape index (κ2) is 6.50. The minimum absolute atomic E-state index is 0.333. The first kappa shape index (κ1) is 16.1. The van der Waals surface area contributed by atoms with Gasteiger partial charge < -0.3 is 4.42 Å². The van der Waals surface area contributed by atoms with E-state index in [0.717, 1.165) is 27.2 Å². The molecule has 0 spiro atoms. The molecule has 0 bridgehead atoms. The number of thiophene rings is 1. The maximum absolute atomic E-state index is 11.9. The van der Waals surface area contributed by atoms with E-state index in [1.54, 1.807) is 17.4 Å². The molecule has 0 saturated heterocycles. The molecular formula is C18H15N3O2S2. The van der Waals surface area contributed by atoms with Crippen LogP contribution < -0.4 is 5.63 Å². The highest BCUT2D eigenvalue weighted by molar-refractivity contribution is 7.98. The minimum atomic E-state index is -0.333. The Kier molecular flexibility index (Phi) is 4.19. The Morgan fingerprint density at radius 2 is 2.08 bits per heavy atom. The molecule has 126 valence electrons. The standard InChI is InChI=1S/C18H15N3O2S2/c1-10-6-13-12(8-16(22)23-14(13)7-11(10)2)9-25-18-19-17(20-21-18)15-4-3-5-24-15/h3-8H,9H2,1-2H3,(H,19,20,21). The summed E-state index contributed by atoms with van der Waals surface area (Å²) in [5.41, 5.74) is 3.50. The van der Waals surface area contributed by atoms with Crippen molar-refractivity contribution >= 4 is 34.1 Å². The highest BCUT2D eigenvalue weighted by atomic mass is 32.2. The second-order valence-corrected chi connectivity index (χ2v) is 7.65. The molecule has 5 nitrogen and oxygen atoms in total. The van der Waals surface area contributed by atoms with Crippen molar-refractivity contribution in [2.24, 2.45) is 0 Å². The van der Waals surface area contributed by atoms with Crippen molar-refractivity contribution in [1.82, 2.24) is 15.2 Å².